The van der Waals surface area contributed by atoms with Gasteiger partial charge >= 0.3 is 6.09 Å². The second-order valence-corrected chi connectivity index (χ2v) is 4.26. The zero-order chi connectivity index (χ0) is 13.0. The van der Waals surface area contributed by atoms with Gasteiger partial charge in [0.05, 0.1) is 12.1 Å². The van der Waals surface area contributed by atoms with Gasteiger partial charge in [-0.1, -0.05) is 26.0 Å². The van der Waals surface area contributed by atoms with Crippen LogP contribution in [0, 0.1) is 5.92 Å². The van der Waals surface area contributed by atoms with E-state index in [4.69, 9.17) is 10.2 Å². The monoisotopic (exact) mass is 239 g/mol. The number of phenolic OH excluding ortho intramolecular Hbond substituents is 1. The lowest BCUT2D eigenvalue weighted by Gasteiger charge is -2.26. The van der Waals surface area contributed by atoms with Crippen LogP contribution < -0.4 is 5.32 Å². The third-order valence-electron chi connectivity index (χ3n) is 2.58. The quantitative estimate of drug-likeness (QED) is 0.644. The first-order valence-corrected chi connectivity index (χ1v) is 5.38. The molecule has 1 amide bonds. The Bertz CT molecular complexity index is 375. The molecule has 0 saturated heterocycles. The molecule has 5 nitrogen and oxygen atoms in total. The Labute approximate surface area is 99.7 Å². The third-order valence-corrected chi connectivity index (χ3v) is 2.58. The molecule has 0 aliphatic heterocycles. The molecule has 94 valence electrons. The van der Waals surface area contributed by atoms with Gasteiger partial charge in [0.1, 0.15) is 5.75 Å². The van der Waals surface area contributed by atoms with Crippen molar-refractivity contribution in [3.05, 3.63) is 29.8 Å². The van der Waals surface area contributed by atoms with Crippen molar-refractivity contribution in [2.24, 2.45) is 5.92 Å². The molecule has 0 aromatic heterocycles. The van der Waals surface area contributed by atoms with E-state index in [2.05, 4.69) is 5.32 Å². The van der Waals surface area contributed by atoms with Gasteiger partial charge in [0.2, 0.25) is 0 Å². The van der Waals surface area contributed by atoms with E-state index in [1.807, 2.05) is 13.8 Å². The van der Waals surface area contributed by atoms with Crippen molar-refractivity contribution in [3.63, 3.8) is 0 Å². The molecule has 17 heavy (non-hydrogen) atoms. The molecule has 0 bridgehead atoms. The molecular formula is C12H17NO4. The SMILES string of the molecule is CC(C)C(NC(=O)O)C(O)c1ccc(O)cc1. The van der Waals surface area contributed by atoms with Crippen LogP contribution in [0.5, 0.6) is 5.75 Å². The molecule has 0 heterocycles. The average Bonchev–Trinajstić information content (AvgIpc) is 2.25. The number of carboxylic acid groups (broad SMARTS) is 1. The van der Waals surface area contributed by atoms with E-state index in [0.29, 0.717) is 5.56 Å². The molecule has 0 radical (unpaired) electrons. The van der Waals surface area contributed by atoms with E-state index in [0.717, 1.165) is 0 Å². The molecule has 5 heteroatoms. The van der Waals surface area contributed by atoms with E-state index in [1.165, 1.54) is 12.1 Å². The number of benzene rings is 1. The van der Waals surface area contributed by atoms with E-state index in [1.54, 1.807) is 12.1 Å². The minimum absolute atomic E-state index is 0.0464. The summed E-state index contributed by atoms with van der Waals surface area (Å²) in [5.41, 5.74) is 0.565. The fraction of sp³-hybridized carbons (Fsp3) is 0.417. The number of aliphatic hydroxyl groups excluding tert-OH is 1. The number of amides is 1. The summed E-state index contributed by atoms with van der Waals surface area (Å²) >= 11 is 0. The van der Waals surface area contributed by atoms with Crippen molar-refractivity contribution in [3.8, 4) is 5.75 Å². The summed E-state index contributed by atoms with van der Waals surface area (Å²) in [6, 6.07) is 5.46. The first-order chi connectivity index (χ1) is 7.91. The molecule has 1 rings (SSSR count). The lowest BCUT2D eigenvalue weighted by Crippen LogP contribution is -2.42. The first kappa shape index (κ1) is 13.3. The number of rotatable bonds is 4. The number of aliphatic hydroxyl groups is 1. The Hall–Kier alpha value is -1.75. The van der Waals surface area contributed by atoms with E-state index in [9.17, 15) is 9.90 Å². The summed E-state index contributed by atoms with van der Waals surface area (Å²) < 4.78 is 0. The number of phenols is 1. The van der Waals surface area contributed by atoms with Crippen molar-refractivity contribution in [1.82, 2.24) is 5.32 Å². The Morgan fingerprint density at radius 3 is 2.18 bits per heavy atom. The van der Waals surface area contributed by atoms with Gasteiger partial charge in [-0.2, -0.15) is 0 Å². The summed E-state index contributed by atoms with van der Waals surface area (Å²) in [4.78, 5) is 10.6. The van der Waals surface area contributed by atoms with Crippen LogP contribution in [-0.2, 0) is 0 Å². The van der Waals surface area contributed by atoms with Gasteiger partial charge in [-0.05, 0) is 23.6 Å². The predicted molar refractivity (Wildman–Crippen MR) is 62.9 cm³/mol. The lowest BCUT2D eigenvalue weighted by molar-refractivity contribution is 0.1000. The molecule has 0 aliphatic carbocycles. The van der Waals surface area contributed by atoms with Crippen LogP contribution in [-0.4, -0.2) is 27.5 Å². The molecule has 0 spiro atoms. The molecule has 1 aromatic carbocycles. The Balaban J connectivity index is 2.87. The highest BCUT2D eigenvalue weighted by Crippen LogP contribution is 2.23. The molecule has 2 unspecified atom stereocenters. The molecule has 0 saturated carbocycles. The Kier molecular flexibility index (Phi) is 4.34. The van der Waals surface area contributed by atoms with Crippen LogP contribution in [0.3, 0.4) is 0 Å². The maximum Gasteiger partial charge on any atom is 0.404 e. The van der Waals surface area contributed by atoms with Crippen LogP contribution in [0.4, 0.5) is 4.79 Å². The van der Waals surface area contributed by atoms with Gasteiger partial charge in [-0.25, -0.2) is 4.79 Å². The molecule has 0 aliphatic rings. The van der Waals surface area contributed by atoms with E-state index < -0.39 is 18.2 Å². The number of carbonyl (C=O) groups is 1. The van der Waals surface area contributed by atoms with Crippen molar-refractivity contribution < 1.29 is 20.1 Å². The second-order valence-electron chi connectivity index (χ2n) is 4.26. The number of aromatic hydroxyl groups is 1. The van der Waals surface area contributed by atoms with Crippen molar-refractivity contribution in [2.45, 2.75) is 26.0 Å². The molecule has 1 aromatic rings. The normalized spacial score (nSPS) is 14.4. The third kappa shape index (κ3) is 3.64. The maximum absolute atomic E-state index is 10.6. The molecular weight excluding hydrogens is 222 g/mol. The van der Waals surface area contributed by atoms with E-state index >= 15 is 0 Å². The highest BCUT2D eigenvalue weighted by atomic mass is 16.4. The van der Waals surface area contributed by atoms with Crippen LogP contribution in [0.15, 0.2) is 24.3 Å². The van der Waals surface area contributed by atoms with Gasteiger partial charge in [-0.3, -0.25) is 0 Å². The van der Waals surface area contributed by atoms with Gasteiger partial charge in [0.15, 0.2) is 0 Å². The number of nitrogens with one attached hydrogen (secondary N) is 1. The standard InChI is InChI=1S/C12H17NO4/c1-7(2)10(13-12(16)17)11(15)8-3-5-9(14)6-4-8/h3-7,10-11,13-15H,1-2H3,(H,16,17). The zero-order valence-corrected chi connectivity index (χ0v) is 9.79. The van der Waals surface area contributed by atoms with Crippen LogP contribution >= 0.6 is 0 Å². The van der Waals surface area contributed by atoms with Crippen LogP contribution in [0.2, 0.25) is 0 Å². The Morgan fingerprint density at radius 2 is 1.76 bits per heavy atom. The predicted octanol–water partition coefficient (Wildman–Crippen LogP) is 1.72. The Morgan fingerprint density at radius 1 is 1.24 bits per heavy atom. The summed E-state index contributed by atoms with van der Waals surface area (Å²) in [5.74, 6) is 0.0585. The average molecular weight is 239 g/mol. The first-order valence-electron chi connectivity index (χ1n) is 5.38. The van der Waals surface area contributed by atoms with Gasteiger partial charge in [0.25, 0.3) is 0 Å². The summed E-state index contributed by atoms with van der Waals surface area (Å²) in [6.45, 7) is 3.65. The van der Waals surface area contributed by atoms with Gasteiger partial charge < -0.3 is 20.6 Å². The second kappa shape index (κ2) is 5.54. The highest BCUT2D eigenvalue weighted by Gasteiger charge is 2.25. The highest BCUT2D eigenvalue weighted by molar-refractivity contribution is 5.65. The minimum Gasteiger partial charge on any atom is -0.508 e. The van der Waals surface area contributed by atoms with Crippen LogP contribution in [0.25, 0.3) is 0 Å². The van der Waals surface area contributed by atoms with E-state index in [-0.39, 0.29) is 11.7 Å². The van der Waals surface area contributed by atoms with Crippen molar-refractivity contribution >= 4 is 6.09 Å². The van der Waals surface area contributed by atoms with Gasteiger partial charge in [-0.15, -0.1) is 0 Å². The topological polar surface area (TPSA) is 89.8 Å². The molecule has 0 fully saturated rings. The van der Waals surface area contributed by atoms with Crippen molar-refractivity contribution in [1.29, 1.82) is 0 Å². The van der Waals surface area contributed by atoms with Crippen LogP contribution in [0.1, 0.15) is 25.5 Å². The maximum atomic E-state index is 10.6. The smallest absolute Gasteiger partial charge is 0.404 e. The fourth-order valence-corrected chi connectivity index (χ4v) is 1.63. The summed E-state index contributed by atoms with van der Waals surface area (Å²) in [5, 5.41) is 30.2. The fourth-order valence-electron chi connectivity index (χ4n) is 1.63. The number of hydrogen-bond acceptors (Lipinski definition) is 3. The lowest BCUT2D eigenvalue weighted by atomic mass is 9.93. The number of hydrogen-bond donors (Lipinski definition) is 4. The molecule has 4 N–H and O–H groups in total. The summed E-state index contributed by atoms with van der Waals surface area (Å²) in [6.07, 6.45) is -2.10. The largest absolute Gasteiger partial charge is 0.508 e. The molecule has 2 atom stereocenters. The summed E-state index contributed by atoms with van der Waals surface area (Å²) in [7, 11) is 0. The minimum atomic E-state index is -1.17. The zero-order valence-electron chi connectivity index (χ0n) is 9.79. The van der Waals surface area contributed by atoms with Gasteiger partial charge in [0, 0.05) is 0 Å². The van der Waals surface area contributed by atoms with Crippen molar-refractivity contribution in [2.75, 3.05) is 0 Å².